The highest BCUT2D eigenvalue weighted by Crippen LogP contribution is 2.35. The Balaban J connectivity index is 2.07. The molecule has 2 heterocycles. The van der Waals surface area contributed by atoms with E-state index in [1.54, 1.807) is 6.07 Å². The van der Waals surface area contributed by atoms with E-state index in [0.29, 0.717) is 6.34 Å². The van der Waals surface area contributed by atoms with Gasteiger partial charge in [0.15, 0.2) is 0 Å². The number of hydrogen-bond donors (Lipinski definition) is 6. The molecule has 2 aromatic heterocycles. The van der Waals surface area contributed by atoms with Crippen molar-refractivity contribution in [1.82, 2.24) is 15.0 Å². The molecule has 0 spiro atoms. The highest BCUT2D eigenvalue weighted by molar-refractivity contribution is 6.04. The molecule has 3 rings (SSSR count). The number of aromatic amines is 1. The average molecular weight is 489 g/mol. The summed E-state index contributed by atoms with van der Waals surface area (Å²) in [5.41, 5.74) is 11.6. The number of nitrogens with one attached hydrogen (secondary N) is 4. The van der Waals surface area contributed by atoms with Gasteiger partial charge in [-0.3, -0.25) is 5.41 Å². The third-order valence-corrected chi connectivity index (χ3v) is 4.88. The molecule has 0 saturated heterocycles. The zero-order valence-corrected chi connectivity index (χ0v) is 18.0. The predicted octanol–water partition coefficient (Wildman–Crippen LogP) is 4.13. The quantitative estimate of drug-likeness (QED) is 0.121. The second-order valence-corrected chi connectivity index (χ2v) is 7.25. The molecule has 0 radical (unpaired) electrons. The van der Waals surface area contributed by atoms with E-state index in [1.165, 1.54) is 31.2 Å². The molecule has 0 fully saturated rings. The summed E-state index contributed by atoms with van der Waals surface area (Å²) in [7, 11) is 0. The predicted molar refractivity (Wildman–Crippen MR) is 119 cm³/mol. The van der Waals surface area contributed by atoms with E-state index in [1.807, 2.05) is 0 Å². The van der Waals surface area contributed by atoms with Crippen LogP contribution in [0.5, 0.6) is 0 Å². The maximum absolute atomic E-state index is 13.9. The Kier molecular flexibility index (Phi) is 7.05. The van der Waals surface area contributed by atoms with Crippen LogP contribution in [0.1, 0.15) is 24.1 Å². The Bertz CT molecular complexity index is 1290. The molecule has 0 aliphatic carbocycles. The number of aliphatic hydroxyl groups is 1. The van der Waals surface area contributed by atoms with Crippen molar-refractivity contribution in [2.24, 2.45) is 15.8 Å². The number of para-hydroxylation sites is 1. The van der Waals surface area contributed by atoms with Gasteiger partial charge < -0.3 is 21.1 Å². The van der Waals surface area contributed by atoms with Crippen LogP contribution in [0.3, 0.4) is 0 Å². The number of aromatic nitrogens is 3. The Morgan fingerprint density at radius 3 is 2.46 bits per heavy atom. The van der Waals surface area contributed by atoms with Crippen LogP contribution in [0, 0.1) is 16.8 Å². The summed E-state index contributed by atoms with van der Waals surface area (Å²) < 4.78 is 52.4. The highest BCUT2D eigenvalue weighted by atomic mass is 19.4. The fourth-order valence-electron chi connectivity index (χ4n) is 3.04. The summed E-state index contributed by atoms with van der Waals surface area (Å²) in [6.45, 7) is 1.28. The zero-order valence-electron chi connectivity index (χ0n) is 18.0. The Morgan fingerprint density at radius 2 is 1.89 bits per heavy atom. The van der Waals surface area contributed by atoms with Crippen molar-refractivity contribution in [3.05, 3.63) is 77.7 Å². The van der Waals surface area contributed by atoms with Gasteiger partial charge in [0.05, 0.1) is 17.1 Å². The van der Waals surface area contributed by atoms with Crippen LogP contribution in [0.25, 0.3) is 11.1 Å². The first kappa shape index (κ1) is 25.2. The van der Waals surface area contributed by atoms with Gasteiger partial charge in [-0.25, -0.2) is 24.9 Å². The van der Waals surface area contributed by atoms with Crippen molar-refractivity contribution in [1.29, 1.82) is 10.9 Å². The molecule has 14 heteroatoms. The molecule has 0 aliphatic heterocycles. The van der Waals surface area contributed by atoms with Gasteiger partial charge in [0.1, 0.15) is 29.3 Å². The summed E-state index contributed by atoms with van der Waals surface area (Å²) in [5, 5.41) is 24.3. The van der Waals surface area contributed by atoms with Crippen LogP contribution in [0.15, 0.2) is 64.7 Å². The molecule has 182 valence electrons. The topological polar surface area (TPSA) is 172 Å². The van der Waals surface area contributed by atoms with E-state index in [2.05, 4.69) is 30.4 Å². The van der Waals surface area contributed by atoms with Crippen molar-refractivity contribution < 1.29 is 22.7 Å². The van der Waals surface area contributed by atoms with Gasteiger partial charge in [0.25, 0.3) is 0 Å². The minimum Gasteiger partial charge on any atom is -0.382 e. The second kappa shape index (κ2) is 9.80. The van der Waals surface area contributed by atoms with Gasteiger partial charge in [-0.15, -0.1) is 0 Å². The van der Waals surface area contributed by atoms with Gasteiger partial charge in [0.2, 0.25) is 5.82 Å². The van der Waals surface area contributed by atoms with Crippen molar-refractivity contribution in [3.63, 3.8) is 0 Å². The zero-order chi connectivity index (χ0) is 25.8. The molecule has 10 nitrogen and oxygen atoms in total. The third-order valence-electron chi connectivity index (χ3n) is 4.88. The normalized spacial score (nSPS) is 14.3. The van der Waals surface area contributed by atoms with E-state index in [-0.39, 0.29) is 39.7 Å². The van der Waals surface area contributed by atoms with Crippen molar-refractivity contribution in [2.75, 3.05) is 5.32 Å². The molecule has 3 aromatic rings. The van der Waals surface area contributed by atoms with E-state index in [9.17, 15) is 22.7 Å². The number of benzene rings is 1. The largest absolute Gasteiger partial charge is 0.451 e. The van der Waals surface area contributed by atoms with Crippen molar-refractivity contribution in [2.45, 2.75) is 18.7 Å². The van der Waals surface area contributed by atoms with Gasteiger partial charge in [0, 0.05) is 29.7 Å². The van der Waals surface area contributed by atoms with Crippen LogP contribution < -0.4 is 11.1 Å². The molecule has 1 aromatic carbocycles. The Hall–Kier alpha value is -4.46. The molecule has 0 saturated carbocycles. The highest BCUT2D eigenvalue weighted by Gasteiger charge is 2.35. The number of hydrogen-bond acceptors (Lipinski definition) is 7. The van der Waals surface area contributed by atoms with Gasteiger partial charge in [-0.2, -0.15) is 18.3 Å². The molecule has 1 unspecified atom stereocenters. The van der Waals surface area contributed by atoms with Gasteiger partial charge in [-0.05, 0) is 25.1 Å². The van der Waals surface area contributed by atoms with Crippen LogP contribution in [-0.2, 0) is 11.8 Å². The average Bonchev–Trinajstić information content (AvgIpc) is 3.27. The summed E-state index contributed by atoms with van der Waals surface area (Å²) in [5.74, 6) is -2.13. The minimum absolute atomic E-state index is 0.0168. The summed E-state index contributed by atoms with van der Waals surface area (Å²) >= 11 is 0. The van der Waals surface area contributed by atoms with Gasteiger partial charge >= 0.3 is 6.18 Å². The van der Waals surface area contributed by atoms with E-state index >= 15 is 0 Å². The number of nitrogens with zero attached hydrogens (tertiary/aromatic N) is 4. The number of anilines is 1. The SMILES string of the molecule is CC(O)(/C(=C/Nc1ccccc1F)N=N)c1cc(-c2cnc(C(F)(F)F)nc2)c(/C(N)=N\C=N)[nH]1. The van der Waals surface area contributed by atoms with E-state index in [0.717, 1.165) is 18.6 Å². The molecule has 0 bridgehead atoms. The Labute approximate surface area is 195 Å². The lowest BCUT2D eigenvalue weighted by Gasteiger charge is -2.22. The molecule has 0 amide bonds. The van der Waals surface area contributed by atoms with E-state index < -0.39 is 23.4 Å². The summed E-state index contributed by atoms with van der Waals surface area (Å²) in [4.78, 5) is 13.1. The molecule has 35 heavy (non-hydrogen) atoms. The lowest BCUT2D eigenvalue weighted by Crippen LogP contribution is -2.25. The standard InChI is InChI=1S/C21H19F4N9O/c1-20(35,16(34-28)9-29-14-5-3-2-4-13(14)22)15-6-12(17(33-15)18(27)32-10-26)11-7-30-19(31-8-11)21(23,24)25/h2-10,28-29,33,35H,1H3,(H3,26,27,32)/b16-9-,34-28?. The third kappa shape index (κ3) is 5.38. The monoisotopic (exact) mass is 489 g/mol. The summed E-state index contributed by atoms with van der Waals surface area (Å²) in [6.07, 6.45) is -1.12. The molecule has 7 N–H and O–H groups in total. The lowest BCUT2D eigenvalue weighted by molar-refractivity contribution is -0.144. The van der Waals surface area contributed by atoms with Crippen LogP contribution >= 0.6 is 0 Å². The van der Waals surface area contributed by atoms with E-state index in [4.69, 9.17) is 16.7 Å². The van der Waals surface area contributed by atoms with Crippen LogP contribution in [0.2, 0.25) is 0 Å². The number of amidine groups is 1. The van der Waals surface area contributed by atoms with Gasteiger partial charge in [-0.1, -0.05) is 12.1 Å². The first-order chi connectivity index (χ1) is 16.5. The maximum atomic E-state index is 13.9. The summed E-state index contributed by atoms with van der Waals surface area (Å²) in [6, 6.07) is 7.06. The Morgan fingerprint density at radius 1 is 1.23 bits per heavy atom. The first-order valence-electron chi connectivity index (χ1n) is 9.76. The number of rotatable bonds is 8. The fraction of sp³-hybridized carbons (Fsp3) is 0.143. The fourth-order valence-corrected chi connectivity index (χ4v) is 3.04. The van der Waals surface area contributed by atoms with Crippen molar-refractivity contribution in [3.8, 4) is 11.1 Å². The number of alkyl halides is 3. The second-order valence-electron chi connectivity index (χ2n) is 7.25. The number of halogens is 4. The molecular formula is C21H19F4N9O. The number of H-pyrrole nitrogens is 1. The maximum Gasteiger partial charge on any atom is 0.451 e. The smallest absolute Gasteiger partial charge is 0.382 e. The molecule has 1 atom stereocenters. The van der Waals surface area contributed by atoms with Crippen LogP contribution in [0.4, 0.5) is 23.2 Å². The molecule has 0 aliphatic rings. The van der Waals surface area contributed by atoms with Crippen LogP contribution in [-0.4, -0.2) is 32.2 Å². The number of aliphatic imine (C=N–C) groups is 1. The molecular weight excluding hydrogens is 470 g/mol. The minimum atomic E-state index is -4.74. The number of nitrogens with two attached hydrogens (primary N) is 1. The lowest BCUT2D eigenvalue weighted by atomic mass is 9.97. The first-order valence-corrected chi connectivity index (χ1v) is 9.76. The van der Waals surface area contributed by atoms with Crippen molar-refractivity contribution >= 4 is 17.9 Å².